The number of aromatic carboxylic acids is 1. The summed E-state index contributed by atoms with van der Waals surface area (Å²) >= 11 is 0. The summed E-state index contributed by atoms with van der Waals surface area (Å²) in [6, 6.07) is 12.0. The van der Waals surface area contributed by atoms with Crippen molar-refractivity contribution in [3.63, 3.8) is 0 Å². The molecule has 0 saturated heterocycles. The van der Waals surface area contributed by atoms with Gasteiger partial charge in [0, 0.05) is 0 Å². The van der Waals surface area contributed by atoms with Crippen LogP contribution < -0.4 is 4.74 Å². The minimum absolute atomic E-state index is 0.0897. The van der Waals surface area contributed by atoms with Crippen molar-refractivity contribution in [3.8, 4) is 5.75 Å². The van der Waals surface area contributed by atoms with Crippen molar-refractivity contribution < 1.29 is 38.5 Å². The third-order valence-electron chi connectivity index (χ3n) is 6.93. The van der Waals surface area contributed by atoms with Crippen molar-refractivity contribution in [2.45, 2.75) is 90.9 Å². The molecule has 0 atom stereocenters. The first-order valence-electron chi connectivity index (χ1n) is 15.5. The summed E-state index contributed by atoms with van der Waals surface area (Å²) in [6.07, 6.45) is 15.8. The zero-order valence-corrected chi connectivity index (χ0v) is 25.6. The number of rotatable bonds is 21. The molecule has 2 rings (SSSR count). The molecular weight excluding hydrogens is 548 g/mol. The largest absolute Gasteiger partial charge is 0.478 e. The Morgan fingerprint density at radius 2 is 1.12 bits per heavy atom. The van der Waals surface area contributed by atoms with Gasteiger partial charge in [0.15, 0.2) is 5.92 Å². The van der Waals surface area contributed by atoms with Crippen LogP contribution in [0.1, 0.15) is 117 Å². The fourth-order valence-electron chi connectivity index (χ4n) is 4.31. The van der Waals surface area contributed by atoms with Crippen LogP contribution >= 0.6 is 0 Å². The number of esters is 3. The summed E-state index contributed by atoms with van der Waals surface area (Å²) in [5, 5.41) is 9.00. The summed E-state index contributed by atoms with van der Waals surface area (Å²) in [7, 11) is 0. The van der Waals surface area contributed by atoms with Crippen molar-refractivity contribution in [3.05, 3.63) is 71.3 Å². The molecule has 0 aliphatic heterocycles. The number of carbonyl (C=O) groups is 4. The maximum absolute atomic E-state index is 12.9. The van der Waals surface area contributed by atoms with Crippen LogP contribution in [0.25, 0.3) is 6.08 Å². The normalized spacial score (nSPS) is 11.0. The minimum atomic E-state index is -1.18. The Morgan fingerprint density at radius 1 is 0.651 bits per heavy atom. The van der Waals surface area contributed by atoms with Crippen LogP contribution in [-0.2, 0) is 19.1 Å². The lowest BCUT2D eigenvalue weighted by molar-refractivity contribution is -0.159. The molecule has 0 aromatic heterocycles. The first-order valence-corrected chi connectivity index (χ1v) is 15.5. The van der Waals surface area contributed by atoms with Crippen molar-refractivity contribution in [1.82, 2.24) is 0 Å². The standard InChI is InChI=1S/C35H46O8/c1-3-5-7-9-11-13-25-41-34(39)31(35(40)42-26-14-12-10-8-6-4-2)24-17-27-15-18-29(19-16-27)33(38)43-30-22-20-28(21-23-30)32(36)37/h15-24,31H,3-14,25-26H2,1-2H3,(H,36,37). The molecule has 0 radical (unpaired) electrons. The van der Waals surface area contributed by atoms with E-state index < -0.39 is 29.8 Å². The van der Waals surface area contributed by atoms with E-state index in [4.69, 9.17) is 19.3 Å². The van der Waals surface area contributed by atoms with E-state index in [-0.39, 0.29) is 30.1 Å². The number of carbonyl (C=O) groups excluding carboxylic acids is 3. The zero-order valence-electron chi connectivity index (χ0n) is 25.6. The van der Waals surface area contributed by atoms with E-state index in [0.717, 1.165) is 51.4 Å². The van der Waals surface area contributed by atoms with E-state index >= 15 is 0 Å². The van der Waals surface area contributed by atoms with Crippen LogP contribution in [0.2, 0.25) is 0 Å². The molecule has 0 heterocycles. The van der Waals surface area contributed by atoms with Crippen LogP contribution in [0, 0.1) is 5.92 Å². The Bertz CT molecular complexity index is 1120. The van der Waals surface area contributed by atoms with Gasteiger partial charge in [-0.15, -0.1) is 0 Å². The van der Waals surface area contributed by atoms with E-state index in [1.165, 1.54) is 56.0 Å². The Labute approximate surface area is 255 Å². The fraction of sp³-hybridized carbons (Fsp3) is 0.486. The molecule has 234 valence electrons. The number of carboxylic acid groups (broad SMARTS) is 1. The molecule has 0 saturated carbocycles. The highest BCUT2D eigenvalue weighted by molar-refractivity contribution is 5.98. The van der Waals surface area contributed by atoms with Gasteiger partial charge in [0.25, 0.3) is 0 Å². The number of benzene rings is 2. The average Bonchev–Trinajstić information content (AvgIpc) is 3.00. The summed E-state index contributed by atoms with van der Waals surface area (Å²) < 4.78 is 16.2. The number of hydrogen-bond donors (Lipinski definition) is 1. The van der Waals surface area contributed by atoms with Gasteiger partial charge >= 0.3 is 23.9 Å². The molecule has 0 aliphatic carbocycles. The Balaban J connectivity index is 1.97. The molecule has 0 unspecified atom stereocenters. The molecule has 0 fully saturated rings. The second-order valence-corrected chi connectivity index (χ2v) is 10.5. The first kappa shape index (κ1) is 35.3. The average molecular weight is 595 g/mol. The third kappa shape index (κ3) is 14.2. The Morgan fingerprint density at radius 3 is 1.60 bits per heavy atom. The lowest BCUT2D eigenvalue weighted by Gasteiger charge is -2.13. The molecule has 8 heteroatoms. The number of ether oxygens (including phenoxy) is 3. The summed E-state index contributed by atoms with van der Waals surface area (Å²) in [5.74, 6) is -3.90. The SMILES string of the molecule is CCCCCCCCOC(=O)C(C=Cc1ccc(C(=O)Oc2ccc(C(=O)O)cc2)cc1)C(=O)OCCCCCCCC. The van der Waals surface area contributed by atoms with E-state index in [9.17, 15) is 19.2 Å². The van der Waals surface area contributed by atoms with Crippen molar-refractivity contribution in [2.75, 3.05) is 13.2 Å². The van der Waals surface area contributed by atoms with Gasteiger partial charge in [-0.3, -0.25) is 9.59 Å². The zero-order chi connectivity index (χ0) is 31.3. The molecule has 2 aromatic carbocycles. The number of carboxylic acids is 1. The van der Waals surface area contributed by atoms with Crippen molar-refractivity contribution >= 4 is 30.0 Å². The van der Waals surface area contributed by atoms with Crippen molar-refractivity contribution in [1.29, 1.82) is 0 Å². The maximum atomic E-state index is 12.9. The lowest BCUT2D eigenvalue weighted by Crippen LogP contribution is -2.27. The maximum Gasteiger partial charge on any atom is 0.343 e. The molecule has 43 heavy (non-hydrogen) atoms. The number of unbranched alkanes of at least 4 members (excludes halogenated alkanes) is 10. The van der Waals surface area contributed by atoms with Gasteiger partial charge in [-0.1, -0.05) is 102 Å². The van der Waals surface area contributed by atoms with Gasteiger partial charge in [0.2, 0.25) is 0 Å². The van der Waals surface area contributed by atoms with Crippen LogP contribution in [0.3, 0.4) is 0 Å². The van der Waals surface area contributed by atoms with Gasteiger partial charge in [0.05, 0.1) is 24.3 Å². The van der Waals surface area contributed by atoms with Crippen LogP contribution in [0.15, 0.2) is 54.6 Å². The molecule has 0 spiro atoms. The van der Waals surface area contributed by atoms with Crippen LogP contribution in [-0.4, -0.2) is 42.2 Å². The van der Waals surface area contributed by atoms with E-state index in [1.807, 2.05) is 0 Å². The molecule has 0 amide bonds. The van der Waals surface area contributed by atoms with Crippen molar-refractivity contribution in [2.24, 2.45) is 5.92 Å². The summed E-state index contributed by atoms with van der Waals surface area (Å²) in [6.45, 7) is 4.84. The number of hydrogen-bond acceptors (Lipinski definition) is 7. The van der Waals surface area contributed by atoms with Gasteiger partial charge in [0.1, 0.15) is 5.75 Å². The van der Waals surface area contributed by atoms with Crippen LogP contribution in [0.5, 0.6) is 5.75 Å². The molecular formula is C35H46O8. The first-order chi connectivity index (χ1) is 20.8. The highest BCUT2D eigenvalue weighted by atomic mass is 16.6. The van der Waals surface area contributed by atoms with Gasteiger partial charge in [-0.25, -0.2) is 9.59 Å². The lowest BCUT2D eigenvalue weighted by atomic mass is 10.1. The topological polar surface area (TPSA) is 116 Å². The van der Waals surface area contributed by atoms with E-state index in [2.05, 4.69) is 13.8 Å². The second kappa shape index (κ2) is 20.9. The highest BCUT2D eigenvalue weighted by Gasteiger charge is 2.27. The molecule has 1 N–H and O–H groups in total. The van der Waals surface area contributed by atoms with Crippen LogP contribution in [0.4, 0.5) is 0 Å². The van der Waals surface area contributed by atoms with Gasteiger partial charge in [-0.05, 0) is 54.8 Å². The Hall–Kier alpha value is -3.94. The smallest absolute Gasteiger partial charge is 0.343 e. The third-order valence-corrected chi connectivity index (χ3v) is 6.93. The quantitative estimate of drug-likeness (QED) is 0.0668. The molecule has 8 nitrogen and oxygen atoms in total. The second-order valence-electron chi connectivity index (χ2n) is 10.5. The predicted octanol–water partition coefficient (Wildman–Crippen LogP) is 8.04. The van der Waals surface area contributed by atoms with E-state index in [0.29, 0.717) is 5.56 Å². The monoisotopic (exact) mass is 594 g/mol. The highest BCUT2D eigenvalue weighted by Crippen LogP contribution is 2.17. The predicted molar refractivity (Wildman–Crippen MR) is 166 cm³/mol. The Kier molecular flexibility index (Phi) is 17.1. The minimum Gasteiger partial charge on any atom is -0.478 e. The fourth-order valence-corrected chi connectivity index (χ4v) is 4.31. The molecule has 0 aliphatic rings. The molecule has 2 aromatic rings. The van der Waals surface area contributed by atoms with Gasteiger partial charge in [-0.2, -0.15) is 0 Å². The molecule has 0 bridgehead atoms. The summed E-state index contributed by atoms with van der Waals surface area (Å²) in [5.41, 5.74) is 1.04. The van der Waals surface area contributed by atoms with Gasteiger partial charge < -0.3 is 19.3 Å². The summed E-state index contributed by atoms with van der Waals surface area (Å²) in [4.78, 5) is 49.2. The van der Waals surface area contributed by atoms with E-state index in [1.54, 1.807) is 30.3 Å².